The van der Waals surface area contributed by atoms with Crippen molar-refractivity contribution < 1.29 is 9.66 Å². The number of anilines is 1. The van der Waals surface area contributed by atoms with Gasteiger partial charge in [0.25, 0.3) is 5.69 Å². The predicted molar refractivity (Wildman–Crippen MR) is 71.7 cm³/mol. The SMILES string of the molecule is CNc1cncc(Oc2cccc([N+](=O)[O-])c2C)c1. The van der Waals surface area contributed by atoms with Gasteiger partial charge in [0.15, 0.2) is 0 Å². The Morgan fingerprint density at radius 3 is 2.84 bits per heavy atom. The summed E-state index contributed by atoms with van der Waals surface area (Å²) < 4.78 is 5.64. The van der Waals surface area contributed by atoms with Gasteiger partial charge in [-0.15, -0.1) is 0 Å². The Labute approximate surface area is 110 Å². The molecular weight excluding hydrogens is 246 g/mol. The fourth-order valence-electron chi connectivity index (χ4n) is 1.65. The van der Waals surface area contributed by atoms with Gasteiger partial charge in [0.05, 0.1) is 28.6 Å². The van der Waals surface area contributed by atoms with Crippen LogP contribution in [0.5, 0.6) is 11.5 Å². The summed E-state index contributed by atoms with van der Waals surface area (Å²) in [6, 6.07) is 6.50. The highest BCUT2D eigenvalue weighted by atomic mass is 16.6. The number of nitro groups is 1. The molecule has 1 N–H and O–H groups in total. The minimum atomic E-state index is -0.426. The van der Waals surface area contributed by atoms with E-state index < -0.39 is 4.92 Å². The van der Waals surface area contributed by atoms with Crippen molar-refractivity contribution in [3.05, 3.63) is 52.3 Å². The van der Waals surface area contributed by atoms with Gasteiger partial charge in [0.2, 0.25) is 0 Å². The van der Waals surface area contributed by atoms with Gasteiger partial charge in [-0.05, 0) is 13.0 Å². The fraction of sp³-hybridized carbons (Fsp3) is 0.154. The van der Waals surface area contributed by atoms with Crippen molar-refractivity contribution >= 4 is 11.4 Å². The van der Waals surface area contributed by atoms with Gasteiger partial charge >= 0.3 is 0 Å². The van der Waals surface area contributed by atoms with Crippen LogP contribution in [0.3, 0.4) is 0 Å². The van der Waals surface area contributed by atoms with Crippen molar-refractivity contribution in [2.45, 2.75) is 6.92 Å². The average Bonchev–Trinajstić information content (AvgIpc) is 2.41. The number of nitro benzene ring substituents is 1. The minimum absolute atomic E-state index is 0.0373. The Hall–Kier alpha value is -2.63. The summed E-state index contributed by atoms with van der Waals surface area (Å²) in [5, 5.41) is 13.8. The van der Waals surface area contributed by atoms with Crippen LogP contribution in [0.1, 0.15) is 5.56 Å². The number of hydrogen-bond donors (Lipinski definition) is 1. The number of benzene rings is 1. The quantitative estimate of drug-likeness (QED) is 0.674. The van der Waals surface area contributed by atoms with E-state index in [1.807, 2.05) is 0 Å². The largest absolute Gasteiger partial charge is 0.455 e. The maximum atomic E-state index is 10.9. The molecular formula is C13H13N3O3. The molecule has 19 heavy (non-hydrogen) atoms. The molecule has 6 heteroatoms. The predicted octanol–water partition coefficient (Wildman–Crippen LogP) is 3.13. The zero-order valence-corrected chi connectivity index (χ0v) is 10.6. The van der Waals surface area contributed by atoms with Crippen molar-refractivity contribution in [2.75, 3.05) is 12.4 Å². The number of nitrogens with zero attached hydrogens (tertiary/aromatic N) is 2. The molecule has 0 atom stereocenters. The number of ether oxygens (including phenoxy) is 1. The summed E-state index contributed by atoms with van der Waals surface area (Å²) >= 11 is 0. The smallest absolute Gasteiger partial charge is 0.276 e. The third-order valence-electron chi connectivity index (χ3n) is 2.68. The first kappa shape index (κ1) is 12.8. The lowest BCUT2D eigenvalue weighted by molar-refractivity contribution is -0.385. The van der Waals surface area contributed by atoms with Crippen LogP contribution in [-0.2, 0) is 0 Å². The Morgan fingerprint density at radius 1 is 1.37 bits per heavy atom. The summed E-state index contributed by atoms with van der Waals surface area (Å²) in [6.07, 6.45) is 3.21. The molecule has 0 fully saturated rings. The highest BCUT2D eigenvalue weighted by Gasteiger charge is 2.14. The lowest BCUT2D eigenvalue weighted by Gasteiger charge is -2.09. The minimum Gasteiger partial charge on any atom is -0.455 e. The van der Waals surface area contributed by atoms with Crippen molar-refractivity contribution in [3.8, 4) is 11.5 Å². The van der Waals surface area contributed by atoms with E-state index in [2.05, 4.69) is 10.3 Å². The van der Waals surface area contributed by atoms with Crippen LogP contribution < -0.4 is 10.1 Å². The topological polar surface area (TPSA) is 77.3 Å². The summed E-state index contributed by atoms with van der Waals surface area (Å²) in [6.45, 7) is 1.66. The van der Waals surface area contributed by atoms with E-state index in [9.17, 15) is 10.1 Å². The van der Waals surface area contributed by atoms with E-state index in [4.69, 9.17) is 4.74 Å². The lowest BCUT2D eigenvalue weighted by Crippen LogP contribution is -1.95. The van der Waals surface area contributed by atoms with E-state index >= 15 is 0 Å². The molecule has 6 nitrogen and oxygen atoms in total. The molecule has 98 valence electrons. The van der Waals surface area contributed by atoms with E-state index in [0.29, 0.717) is 17.1 Å². The van der Waals surface area contributed by atoms with Crippen LogP contribution in [0.15, 0.2) is 36.7 Å². The van der Waals surface area contributed by atoms with Crippen LogP contribution in [0.4, 0.5) is 11.4 Å². The molecule has 0 radical (unpaired) electrons. The van der Waals surface area contributed by atoms with E-state index in [-0.39, 0.29) is 5.69 Å². The zero-order valence-electron chi connectivity index (χ0n) is 10.6. The second-order valence-electron chi connectivity index (χ2n) is 3.92. The van der Waals surface area contributed by atoms with Crippen LogP contribution in [-0.4, -0.2) is 17.0 Å². The number of aromatic nitrogens is 1. The monoisotopic (exact) mass is 259 g/mol. The molecule has 0 bridgehead atoms. The van der Waals surface area contributed by atoms with Crippen molar-refractivity contribution in [2.24, 2.45) is 0 Å². The first-order valence-corrected chi connectivity index (χ1v) is 5.66. The molecule has 0 amide bonds. The second kappa shape index (κ2) is 5.34. The molecule has 0 saturated carbocycles. The fourth-order valence-corrected chi connectivity index (χ4v) is 1.65. The number of rotatable bonds is 4. The number of nitrogens with one attached hydrogen (secondary N) is 1. The van der Waals surface area contributed by atoms with Crippen molar-refractivity contribution in [1.29, 1.82) is 0 Å². The van der Waals surface area contributed by atoms with Gasteiger partial charge in [-0.2, -0.15) is 0 Å². The summed E-state index contributed by atoms with van der Waals surface area (Å²) in [5.41, 5.74) is 1.33. The second-order valence-corrected chi connectivity index (χ2v) is 3.92. The molecule has 0 aliphatic carbocycles. The maximum Gasteiger partial charge on any atom is 0.276 e. The molecule has 1 aromatic carbocycles. The van der Waals surface area contributed by atoms with Crippen LogP contribution in [0.25, 0.3) is 0 Å². The first-order chi connectivity index (χ1) is 9.11. The van der Waals surface area contributed by atoms with E-state index in [1.165, 1.54) is 6.07 Å². The molecule has 0 spiro atoms. The third kappa shape index (κ3) is 2.79. The molecule has 1 heterocycles. The van der Waals surface area contributed by atoms with Crippen LogP contribution >= 0.6 is 0 Å². The van der Waals surface area contributed by atoms with Crippen molar-refractivity contribution in [1.82, 2.24) is 4.98 Å². The zero-order chi connectivity index (χ0) is 13.8. The van der Waals surface area contributed by atoms with Gasteiger partial charge in [-0.1, -0.05) is 6.07 Å². The Kier molecular flexibility index (Phi) is 3.61. The number of pyridine rings is 1. The Morgan fingerprint density at radius 2 is 2.16 bits per heavy atom. The van der Waals surface area contributed by atoms with Gasteiger partial charge in [-0.3, -0.25) is 15.1 Å². The van der Waals surface area contributed by atoms with Crippen LogP contribution in [0, 0.1) is 17.0 Å². The van der Waals surface area contributed by atoms with Gasteiger partial charge in [0, 0.05) is 19.2 Å². The van der Waals surface area contributed by atoms with E-state index in [0.717, 1.165) is 5.69 Å². The number of hydrogen-bond acceptors (Lipinski definition) is 5. The van der Waals surface area contributed by atoms with Gasteiger partial charge < -0.3 is 10.1 Å². The summed E-state index contributed by atoms with van der Waals surface area (Å²) in [7, 11) is 1.78. The molecule has 0 aliphatic heterocycles. The normalized spacial score (nSPS) is 10.0. The van der Waals surface area contributed by atoms with E-state index in [1.54, 1.807) is 44.6 Å². The Balaban J connectivity index is 2.33. The first-order valence-electron chi connectivity index (χ1n) is 5.66. The molecule has 0 unspecified atom stereocenters. The lowest BCUT2D eigenvalue weighted by atomic mass is 10.2. The molecule has 2 rings (SSSR count). The highest BCUT2D eigenvalue weighted by Crippen LogP contribution is 2.31. The van der Waals surface area contributed by atoms with Gasteiger partial charge in [-0.25, -0.2) is 0 Å². The highest BCUT2D eigenvalue weighted by molar-refractivity contribution is 5.51. The molecule has 0 aliphatic rings. The third-order valence-corrected chi connectivity index (χ3v) is 2.68. The van der Waals surface area contributed by atoms with Gasteiger partial charge in [0.1, 0.15) is 11.5 Å². The Bertz CT molecular complexity index is 614. The summed E-state index contributed by atoms with van der Waals surface area (Å²) in [4.78, 5) is 14.4. The van der Waals surface area contributed by atoms with Crippen LogP contribution in [0.2, 0.25) is 0 Å². The standard InChI is InChI=1S/C13H13N3O3/c1-9-12(16(17)18)4-3-5-13(9)19-11-6-10(14-2)7-15-8-11/h3-8,14H,1-2H3. The molecule has 2 aromatic rings. The molecule has 0 saturated heterocycles. The summed E-state index contributed by atoms with van der Waals surface area (Å²) in [5.74, 6) is 0.972. The van der Waals surface area contributed by atoms with Crippen molar-refractivity contribution in [3.63, 3.8) is 0 Å². The molecule has 1 aromatic heterocycles. The maximum absolute atomic E-state index is 10.9. The average molecular weight is 259 g/mol.